The molecule has 34 heavy (non-hydrogen) atoms. The lowest BCUT2D eigenvalue weighted by atomic mass is 10.2. The van der Waals surface area contributed by atoms with Gasteiger partial charge in [0.05, 0.1) is 36.8 Å². The third-order valence-corrected chi connectivity index (χ3v) is 7.09. The van der Waals surface area contributed by atoms with Crippen LogP contribution in [0.3, 0.4) is 0 Å². The zero-order chi connectivity index (χ0) is 23.9. The normalized spacial score (nSPS) is 15.2. The maximum Gasteiger partial charge on any atom is 0.433 e. The average Bonchev–Trinajstić information content (AvgIpc) is 3.47. The van der Waals surface area contributed by atoms with Crippen LogP contribution < -0.4 is 4.90 Å². The minimum atomic E-state index is -4.70. The monoisotopic (exact) mass is 506 g/mol. The molecule has 1 fully saturated rings. The van der Waals surface area contributed by atoms with Gasteiger partial charge in [0.1, 0.15) is 11.6 Å². The van der Waals surface area contributed by atoms with E-state index >= 15 is 0 Å². The summed E-state index contributed by atoms with van der Waals surface area (Å²) in [5, 5.41) is 5.55. The molecule has 0 unspecified atom stereocenters. The third-order valence-electron chi connectivity index (χ3n) is 5.85. The number of thiophene rings is 1. The fraction of sp³-hybridized carbons (Fsp3) is 0.261. The van der Waals surface area contributed by atoms with Crippen molar-refractivity contribution in [2.75, 3.05) is 26.2 Å². The van der Waals surface area contributed by atoms with Gasteiger partial charge in [0, 0.05) is 5.56 Å². The van der Waals surface area contributed by atoms with Gasteiger partial charge in [-0.05, 0) is 17.5 Å². The number of benzene rings is 1. The summed E-state index contributed by atoms with van der Waals surface area (Å²) in [4.78, 5) is 21.0. The molecular formula is C23H20ClF3N5OS+. The van der Waals surface area contributed by atoms with Crippen molar-refractivity contribution in [3.05, 3.63) is 75.9 Å². The molecule has 1 aromatic carbocycles. The number of rotatable bonds is 4. The molecule has 4 heterocycles. The summed E-state index contributed by atoms with van der Waals surface area (Å²) in [5.41, 5.74) is -0.0771. The van der Waals surface area contributed by atoms with Crippen LogP contribution >= 0.6 is 22.9 Å². The molecule has 1 aliphatic heterocycles. The maximum absolute atomic E-state index is 13.8. The van der Waals surface area contributed by atoms with Crippen LogP contribution in [0.5, 0.6) is 0 Å². The lowest BCUT2D eigenvalue weighted by molar-refractivity contribution is -0.917. The smallest absolute Gasteiger partial charge is 0.328 e. The third kappa shape index (κ3) is 4.40. The van der Waals surface area contributed by atoms with Crippen molar-refractivity contribution in [3.8, 4) is 10.6 Å². The average molecular weight is 507 g/mol. The topological polar surface area (TPSA) is 54.9 Å². The van der Waals surface area contributed by atoms with Gasteiger partial charge in [-0.2, -0.15) is 18.3 Å². The van der Waals surface area contributed by atoms with Gasteiger partial charge in [-0.25, -0.2) is 9.50 Å². The van der Waals surface area contributed by atoms with Crippen LogP contribution in [0.25, 0.3) is 16.2 Å². The number of aromatic nitrogens is 3. The van der Waals surface area contributed by atoms with Gasteiger partial charge in [0.2, 0.25) is 0 Å². The van der Waals surface area contributed by atoms with Gasteiger partial charge in [-0.1, -0.05) is 48.0 Å². The first-order valence-corrected chi connectivity index (χ1v) is 11.9. The zero-order valence-corrected chi connectivity index (χ0v) is 19.4. The Morgan fingerprint density at radius 3 is 2.50 bits per heavy atom. The second kappa shape index (κ2) is 9.01. The van der Waals surface area contributed by atoms with Crippen LogP contribution in [0.2, 0.25) is 5.02 Å². The second-order valence-corrected chi connectivity index (χ2v) is 9.43. The van der Waals surface area contributed by atoms with E-state index in [0.29, 0.717) is 22.5 Å². The Morgan fingerprint density at radius 2 is 1.85 bits per heavy atom. The van der Waals surface area contributed by atoms with E-state index in [0.717, 1.165) is 25.7 Å². The first-order chi connectivity index (χ1) is 16.3. The van der Waals surface area contributed by atoms with Crippen LogP contribution in [0.4, 0.5) is 13.2 Å². The van der Waals surface area contributed by atoms with Crippen LogP contribution in [-0.2, 0) is 12.7 Å². The molecule has 5 rings (SSSR count). The van der Waals surface area contributed by atoms with Crippen molar-refractivity contribution in [1.29, 1.82) is 0 Å². The molecule has 1 aliphatic rings. The molecule has 4 aromatic rings. The number of carbonyl (C=O) groups is 1. The molecule has 0 bridgehead atoms. The van der Waals surface area contributed by atoms with Gasteiger partial charge >= 0.3 is 6.18 Å². The summed E-state index contributed by atoms with van der Waals surface area (Å²) in [5.74, 6) is -0.486. The van der Waals surface area contributed by atoms with Crippen LogP contribution in [0, 0.1) is 0 Å². The number of quaternary nitrogens is 1. The van der Waals surface area contributed by atoms with Crippen molar-refractivity contribution in [1.82, 2.24) is 19.5 Å². The highest BCUT2D eigenvalue weighted by Crippen LogP contribution is 2.35. The van der Waals surface area contributed by atoms with Gasteiger partial charge in [-0.15, -0.1) is 11.3 Å². The minimum Gasteiger partial charge on any atom is -0.328 e. The van der Waals surface area contributed by atoms with Gasteiger partial charge < -0.3 is 9.80 Å². The SMILES string of the molecule is O=C(c1nn2c(C(F)(F)F)cc(-c3cccs3)nc2c1Cl)N1CC[NH+](Cc2ccccc2)CC1. The molecule has 0 aliphatic carbocycles. The zero-order valence-electron chi connectivity index (χ0n) is 17.8. The Labute approximate surface area is 202 Å². The predicted molar refractivity (Wildman–Crippen MR) is 123 cm³/mol. The van der Waals surface area contributed by atoms with Crippen molar-refractivity contribution in [2.24, 2.45) is 0 Å². The van der Waals surface area contributed by atoms with E-state index in [4.69, 9.17) is 11.6 Å². The van der Waals surface area contributed by atoms with Gasteiger partial charge in [0.25, 0.3) is 5.91 Å². The van der Waals surface area contributed by atoms with Crippen molar-refractivity contribution < 1.29 is 22.9 Å². The lowest BCUT2D eigenvalue weighted by Crippen LogP contribution is -3.13. The summed E-state index contributed by atoms with van der Waals surface area (Å²) in [6.45, 7) is 3.22. The van der Waals surface area contributed by atoms with Crippen LogP contribution in [-0.4, -0.2) is 51.6 Å². The molecule has 1 saturated heterocycles. The predicted octanol–water partition coefficient (Wildman–Crippen LogP) is 3.67. The summed E-state index contributed by atoms with van der Waals surface area (Å²) >= 11 is 7.67. The van der Waals surface area contributed by atoms with E-state index in [1.807, 2.05) is 18.2 Å². The van der Waals surface area contributed by atoms with E-state index < -0.39 is 17.8 Å². The Morgan fingerprint density at radius 1 is 1.12 bits per heavy atom. The van der Waals surface area contributed by atoms with Crippen molar-refractivity contribution in [2.45, 2.75) is 12.7 Å². The number of fused-ring (bicyclic) bond motifs is 1. The number of piperazine rings is 1. The first-order valence-electron chi connectivity index (χ1n) is 10.7. The van der Waals surface area contributed by atoms with E-state index in [1.54, 1.807) is 22.4 Å². The number of halogens is 4. The summed E-state index contributed by atoms with van der Waals surface area (Å²) in [7, 11) is 0. The number of alkyl halides is 3. The molecule has 1 N–H and O–H groups in total. The Balaban J connectivity index is 1.41. The number of carbonyl (C=O) groups excluding carboxylic acids is 1. The number of nitrogens with one attached hydrogen (secondary N) is 1. The van der Waals surface area contributed by atoms with Crippen molar-refractivity contribution in [3.63, 3.8) is 0 Å². The molecule has 3 aromatic heterocycles. The summed E-state index contributed by atoms with van der Waals surface area (Å²) in [6.07, 6.45) is -4.70. The number of hydrogen-bond acceptors (Lipinski definition) is 4. The number of hydrogen-bond donors (Lipinski definition) is 1. The molecular weight excluding hydrogens is 487 g/mol. The molecule has 0 atom stereocenters. The summed E-state index contributed by atoms with van der Waals surface area (Å²) < 4.78 is 42.1. The van der Waals surface area contributed by atoms with Crippen LogP contribution in [0.1, 0.15) is 21.7 Å². The molecule has 1 amide bonds. The van der Waals surface area contributed by atoms with Gasteiger partial charge in [0.15, 0.2) is 17.0 Å². The number of nitrogens with zero attached hydrogens (tertiary/aromatic N) is 4. The molecule has 6 nitrogen and oxygen atoms in total. The molecule has 0 radical (unpaired) electrons. The molecule has 0 saturated carbocycles. The fourth-order valence-electron chi connectivity index (χ4n) is 4.12. The highest BCUT2D eigenvalue weighted by molar-refractivity contribution is 7.13. The minimum absolute atomic E-state index is 0.133. The lowest BCUT2D eigenvalue weighted by Gasteiger charge is -2.31. The quantitative estimate of drug-likeness (QED) is 0.459. The Hall–Kier alpha value is -2.95. The highest BCUT2D eigenvalue weighted by Gasteiger charge is 2.37. The van der Waals surface area contributed by atoms with Gasteiger partial charge in [-0.3, -0.25) is 4.79 Å². The maximum atomic E-state index is 13.8. The molecule has 0 spiro atoms. The highest BCUT2D eigenvalue weighted by atomic mass is 35.5. The van der Waals surface area contributed by atoms with Crippen molar-refractivity contribution >= 4 is 34.5 Å². The first kappa shape index (κ1) is 22.8. The van der Waals surface area contributed by atoms with E-state index in [9.17, 15) is 18.0 Å². The Bertz CT molecular complexity index is 1320. The largest absolute Gasteiger partial charge is 0.433 e. The van der Waals surface area contributed by atoms with Crippen LogP contribution in [0.15, 0.2) is 53.9 Å². The summed E-state index contributed by atoms with van der Waals surface area (Å²) in [6, 6.07) is 14.4. The van der Waals surface area contributed by atoms with E-state index in [-0.39, 0.29) is 22.1 Å². The Kier molecular flexibility index (Phi) is 6.05. The number of amides is 1. The molecule has 11 heteroatoms. The van der Waals surface area contributed by atoms with E-state index in [2.05, 4.69) is 22.2 Å². The van der Waals surface area contributed by atoms with E-state index in [1.165, 1.54) is 21.8 Å². The fourth-order valence-corrected chi connectivity index (χ4v) is 5.04. The second-order valence-electron chi connectivity index (χ2n) is 8.10. The molecule has 176 valence electrons. The standard InChI is InChI=1S/C23H19ClF3N5OS/c24-19-20(22(33)31-10-8-30(9-11-31)14-15-5-2-1-3-6-15)29-32-18(23(25,26)27)13-16(28-21(19)32)17-7-4-12-34-17/h1-7,12-13H,8-11,14H2/p+1.